The van der Waals surface area contributed by atoms with Crippen LogP contribution < -0.4 is 10.6 Å². The maximum Gasteiger partial charge on any atom is 0.321 e. The van der Waals surface area contributed by atoms with Crippen LogP contribution >= 0.6 is 0 Å². The van der Waals surface area contributed by atoms with Crippen LogP contribution in [0.15, 0.2) is 0 Å². The zero-order valence-corrected chi connectivity index (χ0v) is 13.1. The van der Waals surface area contributed by atoms with Gasteiger partial charge in [-0.1, -0.05) is 0 Å². The lowest BCUT2D eigenvalue weighted by molar-refractivity contribution is -0.137. The molecule has 7 heteroatoms. The molecule has 0 saturated heterocycles. The van der Waals surface area contributed by atoms with Gasteiger partial charge in [-0.15, -0.1) is 0 Å². The van der Waals surface area contributed by atoms with Crippen LogP contribution in [0, 0.1) is 0 Å². The van der Waals surface area contributed by atoms with E-state index in [1.165, 1.54) is 0 Å². The normalized spacial score (nSPS) is 10.7. The van der Waals surface area contributed by atoms with Crippen LogP contribution in [-0.2, 0) is 9.59 Å². The van der Waals surface area contributed by atoms with Crippen molar-refractivity contribution >= 4 is 17.9 Å². The average Bonchev–Trinajstić information content (AvgIpc) is 2.39. The largest absolute Gasteiger partial charge is 0.481 e. The van der Waals surface area contributed by atoms with E-state index in [1.54, 1.807) is 0 Å². The molecule has 3 amide bonds. The number of urea groups is 1. The number of unbranched alkanes of at least 4 members (excludes halogenated alkanes) is 1. The molecule has 0 aromatic rings. The monoisotopic (exact) mass is 301 g/mol. The summed E-state index contributed by atoms with van der Waals surface area (Å²) in [5.74, 6) is -1.25. The number of nitrogens with one attached hydrogen (secondary N) is 2. The summed E-state index contributed by atoms with van der Waals surface area (Å²) in [7, 11) is 2.02. The molecule has 0 aliphatic carbocycles. The van der Waals surface area contributed by atoms with E-state index in [9.17, 15) is 14.4 Å². The summed E-state index contributed by atoms with van der Waals surface area (Å²) in [6.45, 7) is 5.59. The van der Waals surface area contributed by atoms with E-state index < -0.39 is 12.0 Å². The Morgan fingerprint density at radius 2 is 1.71 bits per heavy atom. The molecular formula is C14H27N3O4. The number of carbonyl (C=O) groups excluding carboxylic acids is 2. The molecule has 0 radical (unpaired) electrons. The first-order valence-electron chi connectivity index (χ1n) is 7.32. The number of rotatable bonds is 10. The molecule has 0 spiro atoms. The number of hydrogen-bond acceptors (Lipinski definition) is 4. The SMILES string of the molecule is CC(C)N(C)CCCNC(=O)NC(=O)CCCCC(=O)O. The molecule has 0 fully saturated rings. The Hall–Kier alpha value is -1.63. The van der Waals surface area contributed by atoms with Crippen molar-refractivity contribution in [3.8, 4) is 0 Å². The van der Waals surface area contributed by atoms with E-state index in [-0.39, 0.29) is 18.7 Å². The predicted molar refractivity (Wildman–Crippen MR) is 80.0 cm³/mol. The van der Waals surface area contributed by atoms with Crippen LogP contribution in [0.2, 0.25) is 0 Å². The maximum absolute atomic E-state index is 11.4. The highest BCUT2D eigenvalue weighted by Crippen LogP contribution is 1.99. The number of hydrogen-bond donors (Lipinski definition) is 3. The van der Waals surface area contributed by atoms with E-state index in [2.05, 4.69) is 29.4 Å². The zero-order chi connectivity index (χ0) is 16.3. The lowest BCUT2D eigenvalue weighted by Gasteiger charge is -2.20. The first-order chi connectivity index (χ1) is 9.82. The quantitative estimate of drug-likeness (QED) is 0.526. The molecule has 122 valence electrons. The Balaban J connectivity index is 3.60. The zero-order valence-electron chi connectivity index (χ0n) is 13.1. The number of amides is 3. The van der Waals surface area contributed by atoms with Crippen molar-refractivity contribution < 1.29 is 19.5 Å². The summed E-state index contributed by atoms with van der Waals surface area (Å²) in [6, 6.07) is -0.0309. The van der Waals surface area contributed by atoms with Gasteiger partial charge in [0.15, 0.2) is 0 Å². The standard InChI is InChI=1S/C14H27N3O4/c1-11(2)17(3)10-6-9-15-14(21)16-12(18)7-4-5-8-13(19)20/h11H,4-10H2,1-3H3,(H,19,20)(H2,15,16,18,21). The van der Waals surface area contributed by atoms with Crippen molar-refractivity contribution in [2.75, 3.05) is 20.1 Å². The minimum absolute atomic E-state index is 0.0445. The number of carbonyl (C=O) groups is 3. The summed E-state index contributed by atoms with van der Waals surface area (Å²) in [5.41, 5.74) is 0. The molecule has 21 heavy (non-hydrogen) atoms. The van der Waals surface area contributed by atoms with Crippen molar-refractivity contribution in [2.24, 2.45) is 0 Å². The Kier molecular flexibility index (Phi) is 10.2. The first kappa shape index (κ1) is 19.4. The van der Waals surface area contributed by atoms with Crippen LogP contribution in [-0.4, -0.2) is 54.1 Å². The number of carboxylic acids is 1. The summed E-state index contributed by atoms with van der Waals surface area (Å²) < 4.78 is 0. The third-order valence-electron chi connectivity index (χ3n) is 3.15. The van der Waals surface area contributed by atoms with E-state index in [0.29, 0.717) is 25.4 Å². The average molecular weight is 301 g/mol. The molecule has 3 N–H and O–H groups in total. The van der Waals surface area contributed by atoms with Crippen LogP contribution in [0.1, 0.15) is 46.0 Å². The number of nitrogens with zero attached hydrogens (tertiary/aromatic N) is 1. The molecule has 0 heterocycles. The van der Waals surface area contributed by atoms with Gasteiger partial charge in [-0.3, -0.25) is 14.9 Å². The Labute approximate surface area is 126 Å². The minimum Gasteiger partial charge on any atom is -0.481 e. The second-order valence-electron chi connectivity index (χ2n) is 5.33. The highest BCUT2D eigenvalue weighted by Gasteiger charge is 2.08. The third kappa shape index (κ3) is 11.9. The van der Waals surface area contributed by atoms with Gasteiger partial charge >= 0.3 is 12.0 Å². The van der Waals surface area contributed by atoms with Gasteiger partial charge in [0.2, 0.25) is 5.91 Å². The van der Waals surface area contributed by atoms with Gasteiger partial charge in [-0.25, -0.2) is 4.79 Å². The van der Waals surface area contributed by atoms with E-state index in [0.717, 1.165) is 13.0 Å². The highest BCUT2D eigenvalue weighted by molar-refractivity contribution is 5.94. The van der Waals surface area contributed by atoms with Crippen molar-refractivity contribution in [3.05, 3.63) is 0 Å². The summed E-state index contributed by atoms with van der Waals surface area (Å²) >= 11 is 0. The smallest absolute Gasteiger partial charge is 0.321 e. The molecule has 0 aliphatic heterocycles. The molecule has 0 aromatic heterocycles. The number of imide groups is 1. The first-order valence-corrected chi connectivity index (χ1v) is 7.32. The van der Waals surface area contributed by atoms with Gasteiger partial charge in [-0.2, -0.15) is 0 Å². The lowest BCUT2D eigenvalue weighted by Crippen LogP contribution is -2.40. The minimum atomic E-state index is -0.875. The van der Waals surface area contributed by atoms with Crippen molar-refractivity contribution in [1.82, 2.24) is 15.5 Å². The number of aliphatic carboxylic acids is 1. The fourth-order valence-electron chi connectivity index (χ4n) is 1.58. The second kappa shape index (κ2) is 11.1. The third-order valence-corrected chi connectivity index (χ3v) is 3.15. The van der Waals surface area contributed by atoms with Crippen LogP contribution in [0.25, 0.3) is 0 Å². The highest BCUT2D eigenvalue weighted by atomic mass is 16.4. The van der Waals surface area contributed by atoms with Gasteiger partial charge in [-0.05, 0) is 46.7 Å². The van der Waals surface area contributed by atoms with Crippen molar-refractivity contribution in [1.29, 1.82) is 0 Å². The van der Waals surface area contributed by atoms with Crippen molar-refractivity contribution in [2.45, 2.75) is 52.0 Å². The topological polar surface area (TPSA) is 98.7 Å². The molecule has 0 bridgehead atoms. The van der Waals surface area contributed by atoms with Gasteiger partial charge in [0.25, 0.3) is 0 Å². The van der Waals surface area contributed by atoms with E-state index in [4.69, 9.17) is 5.11 Å². The van der Waals surface area contributed by atoms with Gasteiger partial charge in [0.05, 0.1) is 0 Å². The second-order valence-corrected chi connectivity index (χ2v) is 5.33. The molecule has 0 aromatic carbocycles. The molecule has 0 atom stereocenters. The lowest BCUT2D eigenvalue weighted by atomic mass is 10.2. The summed E-state index contributed by atoms with van der Waals surface area (Å²) in [4.78, 5) is 35.3. The van der Waals surface area contributed by atoms with Crippen molar-refractivity contribution in [3.63, 3.8) is 0 Å². The summed E-state index contributed by atoms with van der Waals surface area (Å²) in [5, 5.41) is 13.3. The molecule has 7 nitrogen and oxygen atoms in total. The Morgan fingerprint density at radius 3 is 2.29 bits per heavy atom. The summed E-state index contributed by atoms with van der Waals surface area (Å²) in [6.07, 6.45) is 1.92. The van der Waals surface area contributed by atoms with Crippen LogP contribution in [0.3, 0.4) is 0 Å². The maximum atomic E-state index is 11.4. The molecular weight excluding hydrogens is 274 g/mol. The molecule has 0 saturated carbocycles. The molecule has 0 unspecified atom stereocenters. The van der Waals surface area contributed by atoms with Gasteiger partial charge in [0.1, 0.15) is 0 Å². The fraction of sp³-hybridized carbons (Fsp3) is 0.786. The Bertz CT molecular complexity index is 345. The predicted octanol–water partition coefficient (Wildman–Crippen LogP) is 1.19. The Morgan fingerprint density at radius 1 is 1.10 bits per heavy atom. The molecule has 0 rings (SSSR count). The van der Waals surface area contributed by atoms with E-state index in [1.807, 2.05) is 7.05 Å². The van der Waals surface area contributed by atoms with Crippen LogP contribution in [0.5, 0.6) is 0 Å². The van der Waals surface area contributed by atoms with Gasteiger partial charge < -0.3 is 15.3 Å². The van der Waals surface area contributed by atoms with E-state index >= 15 is 0 Å². The number of carboxylic acid groups (broad SMARTS) is 1. The molecule has 0 aliphatic rings. The fourth-order valence-corrected chi connectivity index (χ4v) is 1.58. The van der Waals surface area contributed by atoms with Gasteiger partial charge in [0, 0.05) is 25.4 Å². The van der Waals surface area contributed by atoms with Crippen LogP contribution in [0.4, 0.5) is 4.79 Å².